The third-order valence-electron chi connectivity index (χ3n) is 12.5. The first-order valence-electron chi connectivity index (χ1n) is 23.3. The number of esters is 3. The van der Waals surface area contributed by atoms with Crippen LogP contribution in [0.4, 0.5) is 13.2 Å². The summed E-state index contributed by atoms with van der Waals surface area (Å²) in [6.07, 6.45) is 0.921. The Balaban J connectivity index is 1.26. The Bertz CT molecular complexity index is 2100. The standard InChI is InChI=1S/C49H64F3N3O12/c1-6-8-12-23-47(24-13-9-7-2)65-39-36-26-48(45(61)53-27-31-15-14-18-33(25-31)43(59)54-35(29-56)20-22-38(58)64-46(3,4)5)41(44(60)63-36)55(67-42(48)40(39)66-47)28-34-17-11-10-16-32(34)19-21-37(57)62-30-49(50,51)52/h10-11,14-19,21,25,35-36,39-42,56H,6-9,12-13,20,22-24,26-30H2,1-5H3,(H,53,61)(H,54,59)/t35-,36?,39-,40-,41-,42+,48?/m0/s1. The van der Waals surface area contributed by atoms with Crippen LogP contribution in [0, 0.1) is 5.41 Å². The molecule has 2 unspecified atom stereocenters. The van der Waals surface area contributed by atoms with Gasteiger partial charge in [0, 0.05) is 43.9 Å². The van der Waals surface area contributed by atoms with Crippen LogP contribution < -0.4 is 10.6 Å². The molecule has 3 aliphatic heterocycles. The average Bonchev–Trinajstić information content (AvgIpc) is 3.83. The smallest absolute Gasteiger partial charge is 0.422 e. The highest BCUT2D eigenvalue weighted by Gasteiger charge is 2.76. The van der Waals surface area contributed by atoms with Crippen LogP contribution in [0.5, 0.6) is 0 Å². The van der Waals surface area contributed by atoms with E-state index in [-0.39, 0.29) is 37.9 Å². The van der Waals surface area contributed by atoms with Gasteiger partial charge < -0.3 is 39.4 Å². The molecule has 0 radical (unpaired) electrons. The molecular formula is C49H64F3N3O12. The van der Waals surface area contributed by atoms with E-state index < -0.39 is 102 Å². The van der Waals surface area contributed by atoms with Crippen molar-refractivity contribution in [2.24, 2.45) is 5.41 Å². The van der Waals surface area contributed by atoms with Gasteiger partial charge in [-0.3, -0.25) is 24.0 Å². The molecule has 4 aliphatic rings. The van der Waals surface area contributed by atoms with Crippen molar-refractivity contribution in [3.05, 3.63) is 76.9 Å². The van der Waals surface area contributed by atoms with Gasteiger partial charge in [0.1, 0.15) is 35.4 Å². The van der Waals surface area contributed by atoms with E-state index in [1.54, 1.807) is 69.3 Å². The quantitative estimate of drug-likeness (QED) is 0.0486. The minimum atomic E-state index is -4.70. The van der Waals surface area contributed by atoms with Crippen molar-refractivity contribution in [3.8, 4) is 0 Å². The number of alkyl halides is 3. The number of benzene rings is 2. The third kappa shape index (κ3) is 12.8. The molecule has 3 N–H and O–H groups in total. The van der Waals surface area contributed by atoms with Crippen molar-refractivity contribution < 1.29 is 70.8 Å². The molecular weight excluding hydrogens is 880 g/mol. The van der Waals surface area contributed by atoms with Crippen LogP contribution in [0.15, 0.2) is 54.6 Å². The molecule has 4 fully saturated rings. The molecule has 0 aromatic heterocycles. The zero-order valence-electron chi connectivity index (χ0n) is 38.9. The number of carbonyl (C=O) groups excluding carboxylic acids is 5. The lowest BCUT2D eigenvalue weighted by Crippen LogP contribution is -2.69. The predicted octanol–water partition coefficient (Wildman–Crippen LogP) is 6.78. The van der Waals surface area contributed by atoms with Crippen LogP contribution in [0.25, 0.3) is 6.08 Å². The van der Waals surface area contributed by atoms with Crippen molar-refractivity contribution in [2.45, 2.75) is 172 Å². The van der Waals surface area contributed by atoms with Gasteiger partial charge in [-0.05, 0) is 74.9 Å². The first-order valence-corrected chi connectivity index (χ1v) is 23.3. The number of ether oxygens (including phenoxy) is 5. The van der Waals surface area contributed by atoms with E-state index in [0.717, 1.165) is 44.6 Å². The van der Waals surface area contributed by atoms with Gasteiger partial charge in [0.05, 0.1) is 19.2 Å². The van der Waals surface area contributed by atoms with E-state index >= 15 is 4.79 Å². The summed E-state index contributed by atoms with van der Waals surface area (Å²) in [5.41, 5.74) is -0.492. The number of hydrogen-bond acceptors (Lipinski definition) is 13. The van der Waals surface area contributed by atoms with E-state index in [1.807, 2.05) is 0 Å². The number of hydrogen-bond donors (Lipinski definition) is 3. The van der Waals surface area contributed by atoms with E-state index in [4.69, 9.17) is 23.8 Å². The number of nitrogens with one attached hydrogen (secondary N) is 2. The zero-order valence-corrected chi connectivity index (χ0v) is 38.9. The molecule has 67 heavy (non-hydrogen) atoms. The Morgan fingerprint density at radius 1 is 0.970 bits per heavy atom. The van der Waals surface area contributed by atoms with Crippen LogP contribution in [0.2, 0.25) is 0 Å². The maximum Gasteiger partial charge on any atom is 0.422 e. The fourth-order valence-electron chi connectivity index (χ4n) is 9.40. The molecule has 18 heteroatoms. The van der Waals surface area contributed by atoms with E-state index in [9.17, 15) is 37.5 Å². The number of fused-ring (bicyclic) bond motifs is 4. The van der Waals surface area contributed by atoms with Crippen LogP contribution >= 0.6 is 0 Å². The van der Waals surface area contributed by atoms with E-state index in [0.29, 0.717) is 29.5 Å². The first kappa shape index (κ1) is 51.5. The summed E-state index contributed by atoms with van der Waals surface area (Å²) >= 11 is 0. The molecule has 15 nitrogen and oxygen atoms in total. The molecule has 1 saturated carbocycles. The van der Waals surface area contributed by atoms with Gasteiger partial charge in [0.15, 0.2) is 18.4 Å². The normalized spacial score (nSPS) is 24.7. The Kier molecular flexibility index (Phi) is 16.9. The molecule has 368 valence electrons. The molecule has 3 heterocycles. The lowest BCUT2D eigenvalue weighted by Gasteiger charge is -2.48. The lowest BCUT2D eigenvalue weighted by molar-refractivity contribution is -0.224. The topological polar surface area (TPSA) is 188 Å². The van der Waals surface area contributed by atoms with Crippen molar-refractivity contribution in [1.82, 2.24) is 15.7 Å². The number of halogens is 3. The molecule has 0 spiro atoms. The van der Waals surface area contributed by atoms with Crippen LogP contribution in [0.3, 0.4) is 0 Å². The van der Waals surface area contributed by atoms with Crippen LogP contribution in [-0.4, -0.2) is 107 Å². The maximum absolute atomic E-state index is 15.1. The number of amides is 2. The van der Waals surface area contributed by atoms with Gasteiger partial charge in [0.25, 0.3) is 5.91 Å². The second-order valence-corrected chi connectivity index (χ2v) is 18.8. The number of carbonyl (C=O) groups is 5. The number of unbranched alkanes of at least 4 members (excludes halogenated alkanes) is 4. The maximum atomic E-state index is 15.1. The number of nitrogens with zero attached hydrogens (tertiary/aromatic N) is 1. The van der Waals surface area contributed by atoms with Crippen molar-refractivity contribution >= 4 is 35.8 Å². The molecule has 7 atom stereocenters. The summed E-state index contributed by atoms with van der Waals surface area (Å²) in [6, 6.07) is 11.3. The highest BCUT2D eigenvalue weighted by atomic mass is 19.4. The largest absolute Gasteiger partial charge is 0.460 e. The molecule has 2 aromatic rings. The van der Waals surface area contributed by atoms with Crippen molar-refractivity contribution in [2.75, 3.05) is 13.2 Å². The lowest BCUT2D eigenvalue weighted by atomic mass is 9.62. The highest BCUT2D eigenvalue weighted by Crippen LogP contribution is 2.58. The van der Waals surface area contributed by atoms with Crippen molar-refractivity contribution in [3.63, 3.8) is 0 Å². The molecule has 2 amide bonds. The van der Waals surface area contributed by atoms with Gasteiger partial charge in [-0.25, -0.2) is 4.79 Å². The monoisotopic (exact) mass is 943 g/mol. The zero-order chi connectivity index (χ0) is 48.6. The van der Waals surface area contributed by atoms with Gasteiger partial charge >= 0.3 is 24.1 Å². The molecule has 3 saturated heterocycles. The average molecular weight is 944 g/mol. The van der Waals surface area contributed by atoms with E-state index in [1.165, 1.54) is 11.1 Å². The SMILES string of the molecule is CCCCCC1(CCCCC)O[C@@H]2[C@H]3ON(Cc4ccccc4C=CC(=O)OCC(F)(F)F)[C@H]4C(=O)OC(CC34C(=O)NCc3cccc(C(=O)N[C@H](CO)CCC(=O)OC(C)(C)C)c3)[C@@H]2O1. The number of aliphatic hydroxyl groups excluding tert-OH is 1. The van der Waals surface area contributed by atoms with Gasteiger partial charge in [-0.1, -0.05) is 75.9 Å². The summed E-state index contributed by atoms with van der Waals surface area (Å²) in [6.45, 7) is 7.15. The number of rotatable bonds is 22. The van der Waals surface area contributed by atoms with Gasteiger partial charge in [-0.15, -0.1) is 0 Å². The predicted molar refractivity (Wildman–Crippen MR) is 236 cm³/mol. The van der Waals surface area contributed by atoms with Crippen molar-refractivity contribution in [1.29, 1.82) is 0 Å². The Hall–Kier alpha value is -4.88. The summed E-state index contributed by atoms with van der Waals surface area (Å²) in [5.74, 6) is -4.38. The summed E-state index contributed by atoms with van der Waals surface area (Å²) < 4.78 is 67.8. The molecule has 6 rings (SSSR count). The van der Waals surface area contributed by atoms with Gasteiger partial charge in [0.2, 0.25) is 5.91 Å². The Morgan fingerprint density at radius 3 is 2.34 bits per heavy atom. The van der Waals surface area contributed by atoms with Crippen LogP contribution in [-0.2, 0) is 60.8 Å². The van der Waals surface area contributed by atoms with Crippen LogP contribution in [0.1, 0.15) is 132 Å². The number of hydroxylamine groups is 2. The fourth-order valence-corrected chi connectivity index (χ4v) is 9.40. The summed E-state index contributed by atoms with van der Waals surface area (Å²) in [7, 11) is 0. The minimum Gasteiger partial charge on any atom is -0.460 e. The Labute approximate surface area is 389 Å². The number of aliphatic hydroxyl groups is 1. The molecule has 1 aliphatic carbocycles. The fraction of sp³-hybridized carbons (Fsp3) is 0.612. The molecule has 2 aromatic carbocycles. The Morgan fingerprint density at radius 2 is 1.67 bits per heavy atom. The third-order valence-corrected chi connectivity index (χ3v) is 12.5. The second kappa shape index (κ2) is 22.0. The van der Waals surface area contributed by atoms with Gasteiger partial charge in [-0.2, -0.15) is 18.2 Å². The highest BCUT2D eigenvalue weighted by molar-refractivity contribution is 5.95. The molecule has 2 bridgehead atoms. The summed E-state index contributed by atoms with van der Waals surface area (Å²) in [5, 5.41) is 17.2. The minimum absolute atomic E-state index is 0.0139. The first-order chi connectivity index (χ1) is 31.8. The second-order valence-electron chi connectivity index (χ2n) is 18.8. The van der Waals surface area contributed by atoms with E-state index in [2.05, 4.69) is 29.2 Å². The summed E-state index contributed by atoms with van der Waals surface area (Å²) in [4.78, 5) is 74.1.